The van der Waals surface area contributed by atoms with Gasteiger partial charge in [0.1, 0.15) is 0 Å². The van der Waals surface area contributed by atoms with E-state index in [0.717, 1.165) is 30.9 Å². The molecule has 1 aromatic rings. The van der Waals surface area contributed by atoms with Gasteiger partial charge in [-0.1, -0.05) is 31.7 Å². The van der Waals surface area contributed by atoms with E-state index in [9.17, 15) is 9.59 Å². The zero-order valence-corrected chi connectivity index (χ0v) is 12.9. The number of benzene rings is 1. The van der Waals surface area contributed by atoms with Crippen LogP contribution in [0.2, 0.25) is 0 Å². The van der Waals surface area contributed by atoms with Crippen LogP contribution in [0.4, 0.5) is 0 Å². The Morgan fingerprint density at radius 3 is 2.68 bits per heavy atom. The molecule has 1 aromatic carbocycles. The summed E-state index contributed by atoms with van der Waals surface area (Å²) < 4.78 is 0. The molecule has 0 saturated heterocycles. The lowest BCUT2D eigenvalue weighted by molar-refractivity contribution is -0.132. The number of hydrogen-bond donors (Lipinski definition) is 1. The van der Waals surface area contributed by atoms with Gasteiger partial charge in [-0.3, -0.25) is 4.79 Å². The molecule has 3 rings (SSSR count). The Hall–Kier alpha value is -1.84. The van der Waals surface area contributed by atoms with Gasteiger partial charge in [-0.2, -0.15) is 0 Å². The Balaban J connectivity index is 1.61. The van der Waals surface area contributed by atoms with Crippen LogP contribution in [-0.2, 0) is 17.8 Å². The molecule has 2 aliphatic rings. The summed E-state index contributed by atoms with van der Waals surface area (Å²) in [6.45, 7) is 1.31. The standard InChI is InChI=1S/C18H23NO3/c20-17(8-5-13-3-1-2-4-13)19-10-9-14-6-7-15(18(21)22)11-16(14)12-19/h6-7,11,13H,1-5,8-10,12H2,(H,21,22). The molecule has 0 unspecified atom stereocenters. The Morgan fingerprint density at radius 2 is 1.95 bits per heavy atom. The second kappa shape index (κ2) is 6.51. The van der Waals surface area contributed by atoms with Gasteiger partial charge < -0.3 is 10.0 Å². The molecule has 1 heterocycles. The minimum atomic E-state index is -0.910. The summed E-state index contributed by atoms with van der Waals surface area (Å²) in [7, 11) is 0. The van der Waals surface area contributed by atoms with E-state index in [1.807, 2.05) is 11.0 Å². The Kier molecular flexibility index (Phi) is 4.46. The van der Waals surface area contributed by atoms with Gasteiger partial charge in [-0.25, -0.2) is 4.79 Å². The third-order valence-electron chi connectivity index (χ3n) is 5.06. The highest BCUT2D eigenvalue weighted by Crippen LogP contribution is 2.29. The van der Waals surface area contributed by atoms with Crippen LogP contribution in [0.5, 0.6) is 0 Å². The predicted octanol–water partition coefficient (Wildman–Crippen LogP) is 3.24. The number of fused-ring (bicyclic) bond motifs is 1. The van der Waals surface area contributed by atoms with Crippen molar-refractivity contribution in [2.75, 3.05) is 6.54 Å². The SMILES string of the molecule is O=C(O)c1ccc2c(c1)CN(C(=O)CCC1CCCC1)CC2. The van der Waals surface area contributed by atoms with Crippen molar-refractivity contribution < 1.29 is 14.7 Å². The van der Waals surface area contributed by atoms with Crippen molar-refractivity contribution in [3.05, 3.63) is 34.9 Å². The molecule has 22 heavy (non-hydrogen) atoms. The number of aromatic carboxylic acids is 1. The van der Waals surface area contributed by atoms with Crippen molar-refractivity contribution in [1.82, 2.24) is 4.90 Å². The van der Waals surface area contributed by atoms with E-state index in [1.165, 1.54) is 31.2 Å². The lowest BCUT2D eigenvalue weighted by Gasteiger charge is -2.29. The van der Waals surface area contributed by atoms with E-state index in [4.69, 9.17) is 5.11 Å². The molecule has 1 saturated carbocycles. The quantitative estimate of drug-likeness (QED) is 0.928. The minimum Gasteiger partial charge on any atom is -0.478 e. The van der Waals surface area contributed by atoms with Crippen LogP contribution in [-0.4, -0.2) is 28.4 Å². The molecule has 4 nitrogen and oxygen atoms in total. The van der Waals surface area contributed by atoms with Crippen molar-refractivity contribution in [2.45, 2.75) is 51.5 Å². The van der Waals surface area contributed by atoms with Gasteiger partial charge in [-0.05, 0) is 42.0 Å². The summed E-state index contributed by atoms with van der Waals surface area (Å²) in [4.78, 5) is 25.4. The Morgan fingerprint density at radius 1 is 1.18 bits per heavy atom. The van der Waals surface area contributed by atoms with Crippen LogP contribution >= 0.6 is 0 Å². The fourth-order valence-corrected chi connectivity index (χ4v) is 3.69. The summed E-state index contributed by atoms with van der Waals surface area (Å²) in [6.07, 6.45) is 7.65. The maximum atomic E-state index is 12.4. The van der Waals surface area contributed by atoms with Gasteiger partial charge >= 0.3 is 5.97 Å². The lowest BCUT2D eigenvalue weighted by atomic mass is 9.96. The number of carboxylic acid groups (broad SMARTS) is 1. The number of carbonyl (C=O) groups is 2. The van der Waals surface area contributed by atoms with Crippen molar-refractivity contribution in [3.63, 3.8) is 0 Å². The fourth-order valence-electron chi connectivity index (χ4n) is 3.69. The first-order valence-electron chi connectivity index (χ1n) is 8.26. The number of carbonyl (C=O) groups excluding carboxylic acids is 1. The smallest absolute Gasteiger partial charge is 0.335 e. The van der Waals surface area contributed by atoms with Crippen molar-refractivity contribution in [1.29, 1.82) is 0 Å². The molecule has 0 spiro atoms. The summed E-state index contributed by atoms with van der Waals surface area (Å²) in [5.74, 6) is 0.0467. The van der Waals surface area contributed by atoms with Crippen molar-refractivity contribution in [2.24, 2.45) is 5.92 Å². The van der Waals surface area contributed by atoms with Crippen LogP contribution in [0.25, 0.3) is 0 Å². The molecular formula is C18H23NO3. The molecule has 0 aromatic heterocycles. The number of rotatable bonds is 4. The third kappa shape index (κ3) is 3.32. The highest BCUT2D eigenvalue weighted by atomic mass is 16.4. The summed E-state index contributed by atoms with van der Waals surface area (Å²) in [5, 5.41) is 9.09. The number of nitrogens with zero attached hydrogens (tertiary/aromatic N) is 1. The second-order valence-corrected chi connectivity index (χ2v) is 6.54. The molecule has 118 valence electrons. The van der Waals surface area contributed by atoms with Crippen LogP contribution in [0.15, 0.2) is 18.2 Å². The highest BCUT2D eigenvalue weighted by Gasteiger charge is 2.23. The molecule has 0 radical (unpaired) electrons. The maximum Gasteiger partial charge on any atom is 0.335 e. The molecule has 4 heteroatoms. The average molecular weight is 301 g/mol. The van der Waals surface area contributed by atoms with Crippen LogP contribution in [0, 0.1) is 5.92 Å². The Labute approximate surface area is 131 Å². The first kappa shape index (κ1) is 15.1. The first-order valence-corrected chi connectivity index (χ1v) is 8.26. The van der Waals surface area contributed by atoms with Gasteiger partial charge in [0.2, 0.25) is 5.91 Å². The van der Waals surface area contributed by atoms with Crippen LogP contribution < -0.4 is 0 Å². The summed E-state index contributed by atoms with van der Waals surface area (Å²) in [5.41, 5.74) is 2.46. The third-order valence-corrected chi connectivity index (χ3v) is 5.06. The highest BCUT2D eigenvalue weighted by molar-refractivity contribution is 5.88. The largest absolute Gasteiger partial charge is 0.478 e. The molecule has 0 bridgehead atoms. The molecule has 0 atom stereocenters. The predicted molar refractivity (Wildman–Crippen MR) is 83.7 cm³/mol. The number of hydrogen-bond acceptors (Lipinski definition) is 2. The van der Waals surface area contributed by atoms with Gasteiger partial charge in [-0.15, -0.1) is 0 Å². The van der Waals surface area contributed by atoms with E-state index in [1.54, 1.807) is 12.1 Å². The Bertz CT molecular complexity index is 576. The van der Waals surface area contributed by atoms with Crippen molar-refractivity contribution >= 4 is 11.9 Å². The average Bonchev–Trinajstić information content (AvgIpc) is 3.04. The first-order chi connectivity index (χ1) is 10.6. The van der Waals surface area contributed by atoms with E-state index < -0.39 is 5.97 Å². The minimum absolute atomic E-state index is 0.221. The van der Waals surface area contributed by atoms with Crippen molar-refractivity contribution in [3.8, 4) is 0 Å². The maximum absolute atomic E-state index is 12.4. The molecule has 1 fully saturated rings. The normalized spacial score (nSPS) is 18.3. The number of carboxylic acids is 1. The van der Waals surface area contributed by atoms with Gasteiger partial charge in [0.15, 0.2) is 0 Å². The summed E-state index contributed by atoms with van der Waals surface area (Å²) in [6, 6.07) is 5.26. The summed E-state index contributed by atoms with van der Waals surface area (Å²) >= 11 is 0. The second-order valence-electron chi connectivity index (χ2n) is 6.54. The van der Waals surface area contributed by atoms with Crippen LogP contribution in [0.1, 0.15) is 60.0 Å². The van der Waals surface area contributed by atoms with Gasteiger partial charge in [0.25, 0.3) is 0 Å². The monoisotopic (exact) mass is 301 g/mol. The lowest BCUT2D eigenvalue weighted by Crippen LogP contribution is -2.36. The van der Waals surface area contributed by atoms with Gasteiger partial charge in [0, 0.05) is 19.5 Å². The number of amides is 1. The molecule has 1 amide bonds. The van der Waals surface area contributed by atoms with E-state index >= 15 is 0 Å². The van der Waals surface area contributed by atoms with E-state index in [-0.39, 0.29) is 5.91 Å². The molecule has 1 aliphatic heterocycles. The zero-order valence-electron chi connectivity index (χ0n) is 12.9. The van der Waals surface area contributed by atoms with E-state index in [0.29, 0.717) is 18.5 Å². The van der Waals surface area contributed by atoms with Gasteiger partial charge in [0.05, 0.1) is 5.56 Å². The zero-order chi connectivity index (χ0) is 15.5. The topological polar surface area (TPSA) is 57.6 Å². The van der Waals surface area contributed by atoms with E-state index in [2.05, 4.69) is 0 Å². The molecular weight excluding hydrogens is 278 g/mol. The molecule has 1 N–H and O–H groups in total. The molecule has 1 aliphatic carbocycles. The fraction of sp³-hybridized carbons (Fsp3) is 0.556. The van der Waals surface area contributed by atoms with Crippen LogP contribution in [0.3, 0.4) is 0 Å².